The van der Waals surface area contributed by atoms with Crippen LogP contribution in [0.3, 0.4) is 0 Å². The van der Waals surface area contributed by atoms with Gasteiger partial charge in [-0.2, -0.15) is 0 Å². The van der Waals surface area contributed by atoms with Crippen LogP contribution < -0.4 is 4.74 Å². The van der Waals surface area contributed by atoms with Crippen molar-refractivity contribution in [2.45, 2.75) is 12.3 Å². The van der Waals surface area contributed by atoms with Crippen LogP contribution in [0.4, 0.5) is 0 Å². The lowest BCUT2D eigenvalue weighted by molar-refractivity contribution is -0.128. The van der Waals surface area contributed by atoms with Gasteiger partial charge in [-0.05, 0) is 17.7 Å². The second kappa shape index (κ2) is 5.19. The molecule has 1 fully saturated rings. The van der Waals surface area contributed by atoms with Gasteiger partial charge in [-0.15, -0.1) is 0 Å². The summed E-state index contributed by atoms with van der Waals surface area (Å²) in [6.07, 6.45) is 0.534. The van der Waals surface area contributed by atoms with Crippen LogP contribution in [0.15, 0.2) is 24.3 Å². The number of benzene rings is 1. The quantitative estimate of drug-likeness (QED) is 0.847. The molecule has 1 heterocycles. The summed E-state index contributed by atoms with van der Waals surface area (Å²) in [4.78, 5) is 13.4. The molecule has 17 heavy (non-hydrogen) atoms. The lowest BCUT2D eigenvalue weighted by atomic mass is 9.98. The van der Waals surface area contributed by atoms with Crippen molar-refractivity contribution >= 4 is 5.91 Å². The molecule has 0 unspecified atom stereocenters. The van der Waals surface area contributed by atoms with Crippen molar-refractivity contribution in [2.75, 3.05) is 26.8 Å². The van der Waals surface area contributed by atoms with Crippen LogP contribution in [-0.4, -0.2) is 42.7 Å². The van der Waals surface area contributed by atoms with Gasteiger partial charge in [0.25, 0.3) is 0 Å². The summed E-state index contributed by atoms with van der Waals surface area (Å²) in [5.41, 5.74) is 1.15. The third-order valence-corrected chi connectivity index (χ3v) is 3.17. The van der Waals surface area contributed by atoms with E-state index in [-0.39, 0.29) is 18.4 Å². The Hall–Kier alpha value is -1.55. The molecule has 1 aromatic rings. The van der Waals surface area contributed by atoms with Gasteiger partial charge in [-0.25, -0.2) is 0 Å². The first-order valence-electron chi connectivity index (χ1n) is 5.77. The summed E-state index contributed by atoms with van der Waals surface area (Å²) >= 11 is 0. The number of aliphatic hydroxyl groups is 1. The van der Waals surface area contributed by atoms with Crippen LogP contribution in [0.2, 0.25) is 0 Å². The third-order valence-electron chi connectivity index (χ3n) is 3.17. The topological polar surface area (TPSA) is 49.8 Å². The van der Waals surface area contributed by atoms with Crippen LogP contribution in [0.25, 0.3) is 0 Å². The molecule has 1 N–H and O–H groups in total. The molecule has 4 nitrogen and oxygen atoms in total. The molecule has 2 rings (SSSR count). The lowest BCUT2D eigenvalue weighted by Crippen LogP contribution is -2.28. The van der Waals surface area contributed by atoms with E-state index in [9.17, 15) is 4.79 Å². The number of carbonyl (C=O) groups excluding carboxylic acids is 1. The number of β-amino-alcohol motifs (C(OH)–C–C–N with tert-alkyl or cyclic N) is 1. The SMILES string of the molecule is COc1ccc([C@H]2CC(=O)N(CCO)C2)cc1. The Balaban J connectivity index is 2.06. The molecule has 0 saturated carbocycles. The molecule has 4 heteroatoms. The highest BCUT2D eigenvalue weighted by atomic mass is 16.5. The molecule has 1 saturated heterocycles. The molecule has 1 aliphatic rings. The first-order chi connectivity index (χ1) is 8.24. The minimum absolute atomic E-state index is 0.0288. The molecular formula is C13H17NO3. The molecule has 0 bridgehead atoms. The van der Waals surface area contributed by atoms with E-state index in [1.807, 2.05) is 24.3 Å². The molecule has 1 aliphatic heterocycles. The van der Waals surface area contributed by atoms with Gasteiger partial charge in [-0.3, -0.25) is 4.79 Å². The Kier molecular flexibility index (Phi) is 3.64. The monoisotopic (exact) mass is 235 g/mol. The number of likely N-dealkylation sites (tertiary alicyclic amines) is 1. The molecule has 0 spiro atoms. The Morgan fingerprint density at radius 1 is 1.41 bits per heavy atom. The van der Waals surface area contributed by atoms with Gasteiger partial charge in [-0.1, -0.05) is 12.1 Å². The molecule has 0 aliphatic carbocycles. The van der Waals surface area contributed by atoms with Crippen molar-refractivity contribution < 1.29 is 14.6 Å². The van der Waals surface area contributed by atoms with Gasteiger partial charge in [0.1, 0.15) is 5.75 Å². The standard InChI is InChI=1S/C13H17NO3/c1-17-12-4-2-10(3-5-12)11-8-13(16)14(9-11)6-7-15/h2-5,11,15H,6-9H2,1H3/t11-/m0/s1. The number of amides is 1. The number of nitrogens with zero attached hydrogens (tertiary/aromatic N) is 1. The number of ether oxygens (including phenoxy) is 1. The smallest absolute Gasteiger partial charge is 0.223 e. The van der Waals surface area contributed by atoms with E-state index in [1.165, 1.54) is 0 Å². The lowest BCUT2D eigenvalue weighted by Gasteiger charge is -2.15. The zero-order valence-electron chi connectivity index (χ0n) is 9.93. The number of hydrogen-bond acceptors (Lipinski definition) is 3. The van der Waals surface area contributed by atoms with Crippen LogP contribution >= 0.6 is 0 Å². The predicted octanol–water partition coefficient (Wildman–Crippen LogP) is 1.00. The normalized spacial score (nSPS) is 19.8. The van der Waals surface area contributed by atoms with E-state index in [1.54, 1.807) is 12.0 Å². The minimum atomic E-state index is 0.0288. The first kappa shape index (κ1) is 11.9. The summed E-state index contributed by atoms with van der Waals surface area (Å²) in [7, 11) is 1.64. The average Bonchev–Trinajstić information content (AvgIpc) is 2.72. The van der Waals surface area contributed by atoms with Gasteiger partial charge in [0.2, 0.25) is 5.91 Å². The summed E-state index contributed by atoms with van der Waals surface area (Å²) in [6.45, 7) is 1.16. The van der Waals surface area contributed by atoms with Crippen molar-refractivity contribution in [3.8, 4) is 5.75 Å². The van der Waals surface area contributed by atoms with Crippen molar-refractivity contribution in [3.63, 3.8) is 0 Å². The summed E-state index contributed by atoms with van der Waals surface area (Å²) in [5.74, 6) is 1.19. The Bertz CT molecular complexity index is 388. The van der Waals surface area contributed by atoms with Crippen LogP contribution in [0.5, 0.6) is 5.75 Å². The third kappa shape index (κ3) is 2.58. The number of rotatable bonds is 4. The summed E-state index contributed by atoms with van der Waals surface area (Å²) in [6, 6.07) is 7.82. The van der Waals surface area contributed by atoms with Crippen molar-refractivity contribution in [3.05, 3.63) is 29.8 Å². The highest BCUT2D eigenvalue weighted by molar-refractivity contribution is 5.79. The Morgan fingerprint density at radius 3 is 2.71 bits per heavy atom. The van der Waals surface area contributed by atoms with Crippen molar-refractivity contribution in [1.29, 1.82) is 0 Å². The minimum Gasteiger partial charge on any atom is -0.497 e. The molecule has 92 valence electrons. The van der Waals surface area contributed by atoms with Crippen molar-refractivity contribution in [1.82, 2.24) is 4.90 Å². The van der Waals surface area contributed by atoms with Gasteiger partial charge >= 0.3 is 0 Å². The number of hydrogen-bond donors (Lipinski definition) is 1. The molecule has 0 radical (unpaired) electrons. The zero-order chi connectivity index (χ0) is 12.3. The summed E-state index contributed by atoms with van der Waals surface area (Å²) in [5, 5.41) is 8.86. The molecule has 1 aromatic carbocycles. The van der Waals surface area contributed by atoms with Gasteiger partial charge in [0.15, 0.2) is 0 Å². The number of aliphatic hydroxyl groups excluding tert-OH is 1. The van der Waals surface area contributed by atoms with Gasteiger partial charge < -0.3 is 14.7 Å². The van der Waals surface area contributed by atoms with E-state index >= 15 is 0 Å². The number of carbonyl (C=O) groups is 1. The maximum atomic E-state index is 11.7. The molecule has 1 amide bonds. The summed E-state index contributed by atoms with van der Waals surface area (Å²) < 4.78 is 5.10. The number of methoxy groups -OCH3 is 1. The van der Waals surface area contributed by atoms with Gasteiger partial charge in [0.05, 0.1) is 13.7 Å². The van der Waals surface area contributed by atoms with E-state index in [2.05, 4.69) is 0 Å². The first-order valence-corrected chi connectivity index (χ1v) is 5.77. The second-order valence-electron chi connectivity index (χ2n) is 4.24. The van der Waals surface area contributed by atoms with Crippen LogP contribution in [0, 0.1) is 0 Å². The van der Waals surface area contributed by atoms with E-state index in [0.29, 0.717) is 19.5 Å². The maximum Gasteiger partial charge on any atom is 0.223 e. The maximum absolute atomic E-state index is 11.7. The fraction of sp³-hybridized carbons (Fsp3) is 0.462. The zero-order valence-corrected chi connectivity index (χ0v) is 9.93. The van der Waals surface area contributed by atoms with Crippen LogP contribution in [0.1, 0.15) is 17.9 Å². The Labute approximate surface area is 101 Å². The van der Waals surface area contributed by atoms with Crippen LogP contribution in [-0.2, 0) is 4.79 Å². The molecule has 1 atom stereocenters. The highest BCUT2D eigenvalue weighted by Crippen LogP contribution is 2.28. The van der Waals surface area contributed by atoms with E-state index < -0.39 is 0 Å². The largest absolute Gasteiger partial charge is 0.497 e. The second-order valence-corrected chi connectivity index (χ2v) is 4.24. The average molecular weight is 235 g/mol. The van der Waals surface area contributed by atoms with E-state index in [0.717, 1.165) is 11.3 Å². The Morgan fingerprint density at radius 2 is 2.12 bits per heavy atom. The fourth-order valence-electron chi connectivity index (χ4n) is 2.21. The predicted molar refractivity (Wildman–Crippen MR) is 64.0 cm³/mol. The molecular weight excluding hydrogens is 218 g/mol. The van der Waals surface area contributed by atoms with E-state index in [4.69, 9.17) is 9.84 Å². The fourth-order valence-corrected chi connectivity index (χ4v) is 2.21. The molecule has 0 aromatic heterocycles. The highest BCUT2D eigenvalue weighted by Gasteiger charge is 2.29. The van der Waals surface area contributed by atoms with Crippen molar-refractivity contribution in [2.24, 2.45) is 0 Å². The van der Waals surface area contributed by atoms with Gasteiger partial charge in [0, 0.05) is 25.4 Å².